The second kappa shape index (κ2) is 6.68. The molecule has 0 saturated heterocycles. The third kappa shape index (κ3) is 5.97. The molecule has 0 aliphatic heterocycles. The Morgan fingerprint density at radius 1 is 1.50 bits per heavy atom. The van der Waals surface area contributed by atoms with E-state index in [1.54, 1.807) is 11.9 Å². The van der Waals surface area contributed by atoms with E-state index in [2.05, 4.69) is 12.2 Å². The van der Waals surface area contributed by atoms with E-state index in [9.17, 15) is 13.2 Å². The van der Waals surface area contributed by atoms with Gasteiger partial charge in [-0.1, -0.05) is 12.2 Å². The molecule has 1 saturated carbocycles. The molecule has 0 spiro atoms. The summed E-state index contributed by atoms with van der Waals surface area (Å²) in [6.07, 6.45) is -1.98. The molecule has 1 atom stereocenters. The van der Waals surface area contributed by atoms with Crippen molar-refractivity contribution in [1.82, 2.24) is 4.90 Å². The van der Waals surface area contributed by atoms with Crippen LogP contribution in [0.25, 0.3) is 0 Å². The van der Waals surface area contributed by atoms with Crippen molar-refractivity contribution >= 4 is 17.2 Å². The molecule has 1 unspecified atom stereocenters. The second-order valence-electron chi connectivity index (χ2n) is 4.78. The van der Waals surface area contributed by atoms with Crippen LogP contribution >= 0.6 is 12.2 Å². The van der Waals surface area contributed by atoms with Gasteiger partial charge in [-0.2, -0.15) is 13.2 Å². The van der Waals surface area contributed by atoms with Gasteiger partial charge in [-0.25, -0.2) is 0 Å². The maximum Gasteiger partial charge on any atom is 0.399 e. The summed E-state index contributed by atoms with van der Waals surface area (Å²) in [5.74, 6) is -1.09. The minimum Gasteiger partial charge on any atom is -0.393 e. The van der Waals surface area contributed by atoms with Crippen LogP contribution in [0.5, 0.6) is 0 Å². The standard InChI is InChI=1S/C11H19F3N2OS/c1-16(4-5-17-7-8-2-3-8)6-9(10(15)18)11(12,13)14/h8-9H,2-7H2,1H3,(H2,15,18). The van der Waals surface area contributed by atoms with Gasteiger partial charge in [-0.3, -0.25) is 0 Å². The third-order valence-corrected chi connectivity index (χ3v) is 3.19. The van der Waals surface area contributed by atoms with Gasteiger partial charge in [0.25, 0.3) is 0 Å². The predicted octanol–water partition coefficient (Wildman–Crippen LogP) is 1.81. The zero-order chi connectivity index (χ0) is 13.8. The molecule has 106 valence electrons. The average molecular weight is 284 g/mol. The summed E-state index contributed by atoms with van der Waals surface area (Å²) < 4.78 is 43.2. The van der Waals surface area contributed by atoms with Crippen LogP contribution in [0.1, 0.15) is 12.8 Å². The Bertz CT molecular complexity index is 282. The lowest BCUT2D eigenvalue weighted by molar-refractivity contribution is -0.158. The van der Waals surface area contributed by atoms with Crippen LogP contribution in [0.2, 0.25) is 0 Å². The van der Waals surface area contributed by atoms with Crippen LogP contribution in [-0.4, -0.2) is 49.4 Å². The van der Waals surface area contributed by atoms with Gasteiger partial charge in [-0.05, 0) is 25.8 Å². The number of nitrogens with two attached hydrogens (primary N) is 1. The van der Waals surface area contributed by atoms with Gasteiger partial charge >= 0.3 is 6.18 Å². The number of hydrogen-bond donors (Lipinski definition) is 1. The lowest BCUT2D eigenvalue weighted by atomic mass is 10.1. The largest absolute Gasteiger partial charge is 0.399 e. The molecule has 0 radical (unpaired) electrons. The zero-order valence-corrected chi connectivity index (χ0v) is 11.2. The van der Waals surface area contributed by atoms with E-state index in [-0.39, 0.29) is 6.54 Å². The van der Waals surface area contributed by atoms with Gasteiger partial charge in [-0.15, -0.1) is 0 Å². The topological polar surface area (TPSA) is 38.5 Å². The summed E-state index contributed by atoms with van der Waals surface area (Å²) in [4.78, 5) is 1.04. The fraction of sp³-hybridized carbons (Fsp3) is 0.909. The highest BCUT2D eigenvalue weighted by Gasteiger charge is 2.42. The summed E-state index contributed by atoms with van der Waals surface area (Å²) in [5.41, 5.74) is 5.13. The zero-order valence-electron chi connectivity index (χ0n) is 10.4. The van der Waals surface area contributed by atoms with Crippen LogP contribution in [0.3, 0.4) is 0 Å². The Labute approximate surface area is 110 Å². The van der Waals surface area contributed by atoms with Crippen molar-refractivity contribution in [2.24, 2.45) is 17.6 Å². The lowest BCUT2D eigenvalue weighted by Crippen LogP contribution is -2.43. The number of halogens is 3. The Morgan fingerprint density at radius 3 is 2.56 bits per heavy atom. The third-order valence-electron chi connectivity index (χ3n) is 2.90. The van der Waals surface area contributed by atoms with Gasteiger partial charge in [0, 0.05) is 19.7 Å². The Morgan fingerprint density at radius 2 is 2.11 bits per heavy atom. The fourth-order valence-corrected chi connectivity index (χ4v) is 1.72. The SMILES string of the molecule is CN(CCOCC1CC1)CC(C(N)=S)C(F)(F)F. The van der Waals surface area contributed by atoms with Gasteiger partial charge in [0.2, 0.25) is 0 Å². The van der Waals surface area contributed by atoms with Crippen LogP contribution in [0, 0.1) is 11.8 Å². The molecular formula is C11H19F3N2OS. The number of thiocarbonyl (C=S) groups is 1. The van der Waals surface area contributed by atoms with Crippen molar-refractivity contribution in [3.05, 3.63) is 0 Å². The van der Waals surface area contributed by atoms with E-state index < -0.39 is 17.1 Å². The molecule has 1 rings (SSSR count). The fourth-order valence-electron chi connectivity index (χ4n) is 1.51. The highest BCUT2D eigenvalue weighted by atomic mass is 32.1. The van der Waals surface area contributed by atoms with Crippen molar-refractivity contribution in [2.75, 3.05) is 33.4 Å². The molecular weight excluding hydrogens is 265 g/mol. The minimum absolute atomic E-state index is 0.217. The van der Waals surface area contributed by atoms with Crippen molar-refractivity contribution in [3.8, 4) is 0 Å². The first-order valence-corrected chi connectivity index (χ1v) is 6.34. The van der Waals surface area contributed by atoms with E-state index in [0.29, 0.717) is 25.7 Å². The van der Waals surface area contributed by atoms with E-state index in [1.165, 1.54) is 12.8 Å². The Kier molecular flexibility index (Phi) is 5.81. The number of hydrogen-bond acceptors (Lipinski definition) is 3. The van der Waals surface area contributed by atoms with Gasteiger partial charge < -0.3 is 15.4 Å². The van der Waals surface area contributed by atoms with E-state index in [4.69, 9.17) is 10.5 Å². The quantitative estimate of drug-likeness (QED) is 0.545. The smallest absolute Gasteiger partial charge is 0.393 e. The molecule has 0 aromatic rings. The highest BCUT2D eigenvalue weighted by Crippen LogP contribution is 2.29. The van der Waals surface area contributed by atoms with Crippen LogP contribution in [-0.2, 0) is 4.74 Å². The van der Waals surface area contributed by atoms with Gasteiger partial charge in [0.05, 0.1) is 11.6 Å². The average Bonchev–Trinajstić information content (AvgIpc) is 3.02. The maximum absolute atomic E-state index is 12.6. The molecule has 0 aromatic carbocycles. The van der Waals surface area contributed by atoms with E-state index >= 15 is 0 Å². The van der Waals surface area contributed by atoms with Crippen molar-refractivity contribution in [3.63, 3.8) is 0 Å². The van der Waals surface area contributed by atoms with Crippen LogP contribution in [0.4, 0.5) is 13.2 Å². The highest BCUT2D eigenvalue weighted by molar-refractivity contribution is 7.80. The number of rotatable bonds is 8. The molecule has 1 aliphatic rings. The molecule has 3 nitrogen and oxygen atoms in total. The molecule has 2 N–H and O–H groups in total. The van der Waals surface area contributed by atoms with Crippen molar-refractivity contribution < 1.29 is 17.9 Å². The predicted molar refractivity (Wildman–Crippen MR) is 67.4 cm³/mol. The summed E-state index contributed by atoms with van der Waals surface area (Å²) in [5, 5.41) is 0. The molecule has 0 heterocycles. The number of likely N-dealkylation sites (N-methyl/N-ethyl adjacent to an activating group) is 1. The first kappa shape index (κ1) is 15.7. The molecule has 7 heteroatoms. The first-order valence-electron chi connectivity index (χ1n) is 5.93. The molecule has 1 aliphatic carbocycles. The lowest BCUT2D eigenvalue weighted by Gasteiger charge is -2.25. The van der Waals surface area contributed by atoms with Gasteiger partial charge in [0.1, 0.15) is 5.92 Å². The first-order chi connectivity index (χ1) is 8.30. The Balaban J connectivity index is 2.22. The van der Waals surface area contributed by atoms with Crippen molar-refractivity contribution in [2.45, 2.75) is 19.0 Å². The normalized spacial score (nSPS) is 18.1. The van der Waals surface area contributed by atoms with Gasteiger partial charge in [0.15, 0.2) is 0 Å². The number of alkyl halides is 3. The second-order valence-corrected chi connectivity index (χ2v) is 5.25. The number of ether oxygens (including phenoxy) is 1. The van der Waals surface area contributed by atoms with Crippen LogP contribution < -0.4 is 5.73 Å². The molecule has 0 bridgehead atoms. The Hall–Kier alpha value is -0.400. The monoisotopic (exact) mass is 284 g/mol. The summed E-state index contributed by atoms with van der Waals surface area (Å²) in [7, 11) is 1.61. The molecule has 18 heavy (non-hydrogen) atoms. The minimum atomic E-state index is -4.38. The van der Waals surface area contributed by atoms with Crippen molar-refractivity contribution in [1.29, 1.82) is 0 Å². The van der Waals surface area contributed by atoms with E-state index in [1.807, 2.05) is 0 Å². The molecule has 0 amide bonds. The summed E-state index contributed by atoms with van der Waals surface area (Å²) in [6, 6.07) is 0. The number of nitrogens with zero attached hydrogens (tertiary/aromatic N) is 1. The summed E-state index contributed by atoms with van der Waals surface area (Å²) >= 11 is 4.46. The van der Waals surface area contributed by atoms with Crippen LogP contribution in [0.15, 0.2) is 0 Å². The molecule has 0 aromatic heterocycles. The summed E-state index contributed by atoms with van der Waals surface area (Å²) in [6.45, 7) is 1.38. The molecule has 1 fully saturated rings. The van der Waals surface area contributed by atoms with E-state index in [0.717, 1.165) is 0 Å². The maximum atomic E-state index is 12.6.